The number of aryl methyl sites for hydroxylation is 1. The Bertz CT molecular complexity index is 489. The second-order valence-electron chi connectivity index (χ2n) is 5.66. The van der Waals surface area contributed by atoms with Gasteiger partial charge in [-0.2, -0.15) is 0 Å². The van der Waals surface area contributed by atoms with Crippen molar-refractivity contribution in [1.82, 2.24) is 9.80 Å². The lowest BCUT2D eigenvalue weighted by atomic mass is 10.1. The van der Waals surface area contributed by atoms with Crippen LogP contribution in [0.2, 0.25) is 0 Å². The third-order valence-corrected chi connectivity index (χ3v) is 4.06. The van der Waals surface area contributed by atoms with Crippen LogP contribution in [0.15, 0.2) is 18.2 Å². The maximum atomic E-state index is 12.5. The normalized spacial score (nSPS) is 19.1. The van der Waals surface area contributed by atoms with Crippen molar-refractivity contribution in [3.63, 3.8) is 0 Å². The van der Waals surface area contributed by atoms with Crippen LogP contribution in [0.25, 0.3) is 0 Å². The van der Waals surface area contributed by atoms with Crippen LogP contribution in [0.3, 0.4) is 0 Å². The molecule has 3 N–H and O–H groups in total. The smallest absolute Gasteiger partial charge is 0.255 e. The maximum Gasteiger partial charge on any atom is 0.255 e. The lowest BCUT2D eigenvalue weighted by molar-refractivity contribution is 0.0762. The summed E-state index contributed by atoms with van der Waals surface area (Å²) < 4.78 is 0. The fraction of sp³-hybridized carbons (Fsp3) is 0.533. The van der Waals surface area contributed by atoms with Crippen molar-refractivity contribution < 1.29 is 4.79 Å². The zero-order valence-corrected chi connectivity index (χ0v) is 12.5. The molecule has 0 radical (unpaired) electrons. The zero-order valence-electron chi connectivity index (χ0n) is 12.5. The highest BCUT2D eigenvalue weighted by Crippen LogP contribution is 2.20. The summed E-state index contributed by atoms with van der Waals surface area (Å²) in [6.45, 7) is 3.85. The summed E-state index contributed by atoms with van der Waals surface area (Å²) in [6, 6.07) is 6.12. The fourth-order valence-electron chi connectivity index (χ4n) is 2.78. The third-order valence-electron chi connectivity index (χ3n) is 4.06. The average molecular weight is 276 g/mol. The summed E-state index contributed by atoms with van der Waals surface area (Å²) in [5.41, 5.74) is 5.00. The molecular weight excluding hydrogens is 252 g/mol. The molecule has 0 spiro atoms. The summed E-state index contributed by atoms with van der Waals surface area (Å²) in [6.07, 6.45) is 2.37. The molecule has 0 aliphatic carbocycles. The van der Waals surface area contributed by atoms with E-state index in [0.29, 0.717) is 17.3 Å². The minimum atomic E-state index is 0.0123. The first kappa shape index (κ1) is 14.8. The summed E-state index contributed by atoms with van der Waals surface area (Å²) in [5.74, 6) is 5.53. The van der Waals surface area contributed by atoms with Crippen LogP contribution in [0.4, 0.5) is 5.69 Å². The van der Waals surface area contributed by atoms with E-state index in [1.807, 2.05) is 32.2 Å². The molecule has 0 saturated carbocycles. The molecule has 1 aliphatic rings. The van der Waals surface area contributed by atoms with Gasteiger partial charge in [0.1, 0.15) is 0 Å². The summed E-state index contributed by atoms with van der Waals surface area (Å²) in [7, 11) is 3.98. The van der Waals surface area contributed by atoms with Gasteiger partial charge in [0.15, 0.2) is 0 Å². The van der Waals surface area contributed by atoms with Gasteiger partial charge in [0.25, 0.3) is 5.91 Å². The Morgan fingerprint density at radius 2 is 2.30 bits per heavy atom. The molecule has 0 aromatic heterocycles. The number of benzene rings is 1. The van der Waals surface area contributed by atoms with Gasteiger partial charge in [0.2, 0.25) is 0 Å². The van der Waals surface area contributed by atoms with Crippen LogP contribution >= 0.6 is 0 Å². The van der Waals surface area contributed by atoms with Crippen molar-refractivity contribution in [2.75, 3.05) is 32.6 Å². The van der Waals surface area contributed by atoms with Crippen LogP contribution in [0.1, 0.15) is 28.8 Å². The minimum absolute atomic E-state index is 0.0123. The van der Waals surface area contributed by atoms with Crippen LogP contribution in [0.5, 0.6) is 0 Å². The van der Waals surface area contributed by atoms with Gasteiger partial charge >= 0.3 is 0 Å². The number of hydrogen-bond donors (Lipinski definition) is 2. The Morgan fingerprint density at radius 1 is 1.55 bits per heavy atom. The number of carbonyl (C=O) groups excluding carboxylic acids is 1. The number of nitrogens with zero attached hydrogens (tertiary/aromatic N) is 2. The van der Waals surface area contributed by atoms with Crippen molar-refractivity contribution in [3.8, 4) is 0 Å². The lowest BCUT2D eigenvalue weighted by Gasteiger charge is -2.26. The molecule has 2 rings (SSSR count). The highest BCUT2D eigenvalue weighted by molar-refractivity contribution is 5.99. The summed E-state index contributed by atoms with van der Waals surface area (Å²) in [4.78, 5) is 16.7. The predicted molar refractivity (Wildman–Crippen MR) is 81.6 cm³/mol. The number of hydrogen-bond acceptors (Lipinski definition) is 4. The van der Waals surface area contributed by atoms with E-state index in [9.17, 15) is 4.79 Å². The molecule has 5 nitrogen and oxygen atoms in total. The lowest BCUT2D eigenvalue weighted by Crippen LogP contribution is -2.39. The van der Waals surface area contributed by atoms with Crippen LogP contribution in [-0.2, 0) is 0 Å². The number of nitrogens with two attached hydrogens (primary N) is 1. The van der Waals surface area contributed by atoms with Gasteiger partial charge in [-0.25, -0.2) is 0 Å². The molecule has 1 atom stereocenters. The number of nitrogen functional groups attached to an aromatic ring is 1. The van der Waals surface area contributed by atoms with Gasteiger partial charge in [0, 0.05) is 19.6 Å². The molecule has 0 bridgehead atoms. The molecule has 5 heteroatoms. The van der Waals surface area contributed by atoms with Crippen molar-refractivity contribution in [2.45, 2.75) is 25.8 Å². The number of hydrazine groups is 1. The van der Waals surface area contributed by atoms with E-state index >= 15 is 0 Å². The standard InChI is InChI=1S/C15H24N4O/c1-11-6-7-13(14(9-11)17-16)15(20)19(3)10-12-5-4-8-18(12)2/h6-7,9,12,17H,4-5,8,10,16H2,1-3H3. The number of likely N-dealkylation sites (N-methyl/N-ethyl adjacent to an activating group) is 2. The maximum absolute atomic E-state index is 12.5. The second kappa shape index (κ2) is 6.24. The Kier molecular flexibility index (Phi) is 4.62. The molecule has 1 aromatic rings. The summed E-state index contributed by atoms with van der Waals surface area (Å²) >= 11 is 0. The molecule has 1 saturated heterocycles. The first-order valence-corrected chi connectivity index (χ1v) is 7.06. The van der Waals surface area contributed by atoms with Crippen molar-refractivity contribution in [3.05, 3.63) is 29.3 Å². The first-order valence-electron chi connectivity index (χ1n) is 7.06. The molecule has 110 valence electrons. The van der Waals surface area contributed by atoms with Crippen molar-refractivity contribution in [2.24, 2.45) is 5.84 Å². The number of nitrogens with one attached hydrogen (secondary N) is 1. The van der Waals surface area contributed by atoms with Gasteiger partial charge in [-0.15, -0.1) is 0 Å². The number of amides is 1. The molecule has 1 aliphatic heterocycles. The van der Waals surface area contributed by atoms with Gasteiger partial charge in [-0.1, -0.05) is 6.07 Å². The van der Waals surface area contributed by atoms with E-state index in [1.54, 1.807) is 4.90 Å². The molecular formula is C15H24N4O. The number of carbonyl (C=O) groups is 1. The van der Waals surface area contributed by atoms with Gasteiger partial charge in [0.05, 0.1) is 11.3 Å². The van der Waals surface area contributed by atoms with E-state index in [4.69, 9.17) is 5.84 Å². The monoisotopic (exact) mass is 276 g/mol. The van der Waals surface area contributed by atoms with Gasteiger partial charge < -0.3 is 15.2 Å². The quantitative estimate of drug-likeness (QED) is 0.645. The molecule has 1 fully saturated rings. The molecule has 1 heterocycles. The van der Waals surface area contributed by atoms with E-state index < -0.39 is 0 Å². The van der Waals surface area contributed by atoms with E-state index in [0.717, 1.165) is 25.1 Å². The molecule has 1 amide bonds. The fourth-order valence-corrected chi connectivity index (χ4v) is 2.78. The average Bonchev–Trinajstić information content (AvgIpc) is 2.83. The highest BCUT2D eigenvalue weighted by Gasteiger charge is 2.25. The Labute approximate surface area is 120 Å². The van der Waals surface area contributed by atoms with Gasteiger partial charge in [-0.3, -0.25) is 10.6 Å². The van der Waals surface area contributed by atoms with E-state index in [1.165, 1.54) is 6.42 Å². The second-order valence-corrected chi connectivity index (χ2v) is 5.66. The number of likely N-dealkylation sites (tertiary alicyclic amines) is 1. The van der Waals surface area contributed by atoms with E-state index in [-0.39, 0.29) is 5.91 Å². The Hall–Kier alpha value is -1.59. The van der Waals surface area contributed by atoms with Crippen molar-refractivity contribution >= 4 is 11.6 Å². The highest BCUT2D eigenvalue weighted by atomic mass is 16.2. The minimum Gasteiger partial charge on any atom is -0.340 e. The molecule has 1 aromatic carbocycles. The molecule has 1 unspecified atom stereocenters. The Morgan fingerprint density at radius 3 is 2.90 bits per heavy atom. The SMILES string of the molecule is Cc1ccc(C(=O)N(C)CC2CCCN2C)c(NN)c1. The zero-order chi connectivity index (χ0) is 14.7. The molecule has 20 heavy (non-hydrogen) atoms. The number of anilines is 1. The Balaban J connectivity index is 2.10. The van der Waals surface area contributed by atoms with E-state index in [2.05, 4.69) is 17.4 Å². The predicted octanol–water partition coefficient (Wildman–Crippen LogP) is 1.45. The van der Waals surface area contributed by atoms with Gasteiger partial charge in [-0.05, 0) is 51.1 Å². The first-order chi connectivity index (χ1) is 9.52. The number of rotatable bonds is 4. The van der Waals surface area contributed by atoms with Crippen LogP contribution in [0, 0.1) is 6.92 Å². The van der Waals surface area contributed by atoms with Crippen LogP contribution in [-0.4, -0.2) is 48.9 Å². The summed E-state index contributed by atoms with van der Waals surface area (Å²) in [5, 5.41) is 0. The topological polar surface area (TPSA) is 61.6 Å². The third kappa shape index (κ3) is 3.11. The van der Waals surface area contributed by atoms with Crippen molar-refractivity contribution in [1.29, 1.82) is 0 Å². The van der Waals surface area contributed by atoms with Crippen LogP contribution < -0.4 is 11.3 Å². The largest absolute Gasteiger partial charge is 0.340 e.